The minimum Gasteiger partial charge on any atom is -0.302 e. The molecule has 0 spiro atoms. The molecule has 0 saturated heterocycles. The molecule has 0 amide bonds. The van der Waals surface area contributed by atoms with Crippen LogP contribution in [0.25, 0.3) is 0 Å². The van der Waals surface area contributed by atoms with Crippen LogP contribution in [0.2, 0.25) is 5.02 Å². The Hall–Kier alpha value is -1.62. The van der Waals surface area contributed by atoms with Crippen LogP contribution in [0.15, 0.2) is 12.1 Å². The Bertz CT molecular complexity index is 531. The van der Waals surface area contributed by atoms with Crippen molar-refractivity contribution in [3.63, 3.8) is 0 Å². The number of benzene rings is 1. The maximum Gasteiger partial charge on any atom is 0.287 e. The predicted octanol–water partition coefficient (Wildman–Crippen LogP) is 4.45. The number of rotatable bonds is 5. The molecule has 9 heteroatoms. The molecule has 0 aliphatic carbocycles. The van der Waals surface area contributed by atoms with Gasteiger partial charge in [-0.2, -0.15) is 5.26 Å². The van der Waals surface area contributed by atoms with Crippen LogP contribution in [0, 0.1) is 18.3 Å². The van der Waals surface area contributed by atoms with E-state index in [2.05, 4.69) is 0 Å². The van der Waals surface area contributed by atoms with E-state index >= 15 is 0 Å². The molecule has 0 N–H and O–H groups in total. The molecule has 21 heavy (non-hydrogen) atoms. The number of hydrogen-bond acceptors (Lipinski definition) is 2. The molecule has 0 aliphatic rings. The summed E-state index contributed by atoms with van der Waals surface area (Å²) in [4.78, 5) is -0.377. The first-order valence-corrected chi connectivity index (χ1v) is 5.92. The summed E-state index contributed by atoms with van der Waals surface area (Å²) in [5.41, 5.74) is -0.792. The average Bonchev–Trinajstić information content (AvgIpc) is 2.43. The SMILES string of the molecule is Cc1c(N(C(F)C(F)F)C(F)C(F)F)ccc(C#N)c1Cl. The molecular formula is C12H9ClF6N2. The van der Waals surface area contributed by atoms with Crippen molar-refractivity contribution in [3.8, 4) is 6.07 Å². The van der Waals surface area contributed by atoms with Crippen LogP contribution in [-0.4, -0.2) is 25.4 Å². The number of nitriles is 1. The first kappa shape index (κ1) is 17.4. The average molecular weight is 331 g/mol. The second kappa shape index (κ2) is 6.89. The van der Waals surface area contributed by atoms with E-state index in [-0.39, 0.29) is 21.0 Å². The summed E-state index contributed by atoms with van der Waals surface area (Å²) in [5, 5.41) is 8.48. The van der Waals surface area contributed by atoms with Crippen molar-refractivity contribution in [1.82, 2.24) is 0 Å². The standard InChI is InChI=1S/C12H9ClF6N2/c1-5-7(3-2-6(4-20)8(5)13)21(11(18)9(14)15)12(19)10(16)17/h2-3,9-12H,1H3. The van der Waals surface area contributed by atoms with Crippen LogP contribution < -0.4 is 4.90 Å². The van der Waals surface area contributed by atoms with E-state index in [0.717, 1.165) is 12.1 Å². The van der Waals surface area contributed by atoms with Gasteiger partial charge in [-0.15, -0.1) is 0 Å². The van der Waals surface area contributed by atoms with Crippen LogP contribution in [0.5, 0.6) is 0 Å². The molecule has 1 aromatic rings. The monoisotopic (exact) mass is 330 g/mol. The highest BCUT2D eigenvalue weighted by molar-refractivity contribution is 6.32. The molecule has 2 atom stereocenters. The lowest BCUT2D eigenvalue weighted by atomic mass is 10.1. The van der Waals surface area contributed by atoms with Gasteiger partial charge in [-0.25, -0.2) is 26.3 Å². The Morgan fingerprint density at radius 1 is 1.05 bits per heavy atom. The molecule has 116 valence electrons. The van der Waals surface area contributed by atoms with Crippen LogP contribution in [0.1, 0.15) is 11.1 Å². The van der Waals surface area contributed by atoms with Gasteiger partial charge in [-0.05, 0) is 24.6 Å². The van der Waals surface area contributed by atoms with Gasteiger partial charge in [-0.1, -0.05) is 11.6 Å². The fourth-order valence-electron chi connectivity index (χ4n) is 1.69. The highest BCUT2D eigenvalue weighted by Crippen LogP contribution is 2.35. The van der Waals surface area contributed by atoms with Gasteiger partial charge in [0.1, 0.15) is 6.07 Å². The Balaban J connectivity index is 3.40. The first-order valence-electron chi connectivity index (χ1n) is 5.54. The zero-order valence-electron chi connectivity index (χ0n) is 10.5. The van der Waals surface area contributed by atoms with Gasteiger partial charge >= 0.3 is 0 Å². The van der Waals surface area contributed by atoms with Crippen molar-refractivity contribution in [2.24, 2.45) is 0 Å². The fraction of sp³-hybridized carbons (Fsp3) is 0.417. The number of anilines is 1. The van der Waals surface area contributed by atoms with Crippen molar-refractivity contribution in [1.29, 1.82) is 5.26 Å². The molecular weight excluding hydrogens is 322 g/mol. The fourth-order valence-corrected chi connectivity index (χ4v) is 1.89. The van der Waals surface area contributed by atoms with Gasteiger partial charge in [0.25, 0.3) is 12.9 Å². The van der Waals surface area contributed by atoms with E-state index < -0.39 is 31.1 Å². The third-order valence-corrected chi connectivity index (χ3v) is 3.19. The second-order valence-electron chi connectivity index (χ2n) is 4.00. The van der Waals surface area contributed by atoms with Gasteiger partial charge in [0.2, 0.25) is 12.6 Å². The molecule has 0 radical (unpaired) electrons. The summed E-state index contributed by atoms with van der Waals surface area (Å²) in [5.74, 6) is 0. The zero-order chi connectivity index (χ0) is 16.3. The molecule has 0 aromatic heterocycles. The third-order valence-electron chi connectivity index (χ3n) is 2.70. The van der Waals surface area contributed by atoms with E-state index in [9.17, 15) is 26.3 Å². The highest BCUT2D eigenvalue weighted by atomic mass is 35.5. The zero-order valence-corrected chi connectivity index (χ0v) is 11.3. The van der Waals surface area contributed by atoms with Gasteiger partial charge < -0.3 is 4.90 Å². The van der Waals surface area contributed by atoms with Gasteiger partial charge in [0, 0.05) is 5.69 Å². The lowest BCUT2D eigenvalue weighted by molar-refractivity contribution is -0.00633. The molecule has 0 heterocycles. The minimum absolute atomic E-state index is 0.0715. The van der Waals surface area contributed by atoms with Crippen molar-refractivity contribution in [2.45, 2.75) is 32.4 Å². The van der Waals surface area contributed by atoms with Crippen LogP contribution in [0.3, 0.4) is 0 Å². The van der Waals surface area contributed by atoms with E-state index in [1.165, 1.54) is 6.92 Å². The largest absolute Gasteiger partial charge is 0.302 e. The Morgan fingerprint density at radius 2 is 1.52 bits per heavy atom. The smallest absolute Gasteiger partial charge is 0.287 e. The molecule has 2 nitrogen and oxygen atoms in total. The van der Waals surface area contributed by atoms with E-state index in [0.29, 0.717) is 0 Å². The molecule has 1 aromatic carbocycles. The molecule has 0 fully saturated rings. The van der Waals surface area contributed by atoms with Gasteiger partial charge in [0.15, 0.2) is 0 Å². The summed E-state index contributed by atoms with van der Waals surface area (Å²) < 4.78 is 76.8. The highest BCUT2D eigenvalue weighted by Gasteiger charge is 2.38. The quantitative estimate of drug-likeness (QED) is 0.589. The number of hydrogen-bond donors (Lipinski definition) is 0. The third kappa shape index (κ3) is 3.53. The molecule has 1 rings (SSSR count). The number of nitrogens with zero attached hydrogens (tertiary/aromatic N) is 2. The minimum atomic E-state index is -3.70. The molecule has 0 aliphatic heterocycles. The second-order valence-corrected chi connectivity index (χ2v) is 4.38. The van der Waals surface area contributed by atoms with E-state index in [4.69, 9.17) is 16.9 Å². The summed E-state index contributed by atoms with van der Waals surface area (Å²) in [6, 6.07) is 3.57. The van der Waals surface area contributed by atoms with Gasteiger partial charge in [0.05, 0.1) is 10.6 Å². The summed E-state index contributed by atoms with van der Waals surface area (Å²) >= 11 is 5.74. The van der Waals surface area contributed by atoms with Crippen molar-refractivity contribution < 1.29 is 26.3 Å². The van der Waals surface area contributed by atoms with Crippen molar-refractivity contribution >= 4 is 17.3 Å². The summed E-state index contributed by atoms with van der Waals surface area (Å²) in [6.45, 7) is 1.18. The maximum atomic E-state index is 13.5. The number of alkyl halides is 6. The van der Waals surface area contributed by atoms with Gasteiger partial charge in [-0.3, -0.25) is 0 Å². The van der Waals surface area contributed by atoms with Crippen molar-refractivity contribution in [3.05, 3.63) is 28.3 Å². The summed E-state index contributed by atoms with van der Waals surface area (Å²) in [6.07, 6.45) is -14.0. The predicted molar refractivity (Wildman–Crippen MR) is 65.2 cm³/mol. The normalized spacial score (nSPS) is 14.1. The Kier molecular flexibility index (Phi) is 5.72. The lowest BCUT2D eigenvalue weighted by Gasteiger charge is -2.32. The summed E-state index contributed by atoms with van der Waals surface area (Å²) in [7, 11) is 0. The maximum absolute atomic E-state index is 13.5. The number of halogens is 7. The lowest BCUT2D eigenvalue weighted by Crippen LogP contribution is -2.46. The van der Waals surface area contributed by atoms with E-state index in [1.807, 2.05) is 0 Å². The first-order chi connectivity index (χ1) is 9.72. The molecule has 2 unspecified atom stereocenters. The van der Waals surface area contributed by atoms with Crippen molar-refractivity contribution in [2.75, 3.05) is 4.90 Å². The van der Waals surface area contributed by atoms with Crippen LogP contribution >= 0.6 is 11.6 Å². The molecule has 0 bridgehead atoms. The van der Waals surface area contributed by atoms with Crippen LogP contribution in [0.4, 0.5) is 32.0 Å². The Morgan fingerprint density at radius 3 is 1.90 bits per heavy atom. The van der Waals surface area contributed by atoms with Crippen LogP contribution in [-0.2, 0) is 0 Å². The Labute approximate surface area is 121 Å². The molecule has 0 saturated carbocycles. The topological polar surface area (TPSA) is 27.0 Å². The van der Waals surface area contributed by atoms with E-state index in [1.54, 1.807) is 6.07 Å².